The lowest BCUT2D eigenvalue weighted by Gasteiger charge is -2.09. The number of halogens is 3. The minimum atomic E-state index is -0.755. The zero-order valence-electron chi connectivity index (χ0n) is 10.2. The average Bonchev–Trinajstić information content (AvgIpc) is 2.54. The molecule has 1 aliphatic rings. The second-order valence-corrected chi connectivity index (χ2v) is 5.93. The van der Waals surface area contributed by atoms with Crippen LogP contribution < -0.4 is 5.73 Å². The van der Waals surface area contributed by atoms with Crippen LogP contribution in [0.15, 0.2) is 22.8 Å². The molecule has 102 valence electrons. The Morgan fingerprint density at radius 2 is 2.00 bits per heavy atom. The summed E-state index contributed by atoms with van der Waals surface area (Å²) in [6.07, 6.45) is 2.64. The van der Waals surface area contributed by atoms with Gasteiger partial charge in [0, 0.05) is 10.7 Å². The molecule has 3 rings (SSSR count). The van der Waals surface area contributed by atoms with E-state index in [-0.39, 0.29) is 22.0 Å². The normalized spacial score (nSPS) is 13.7. The fraction of sp³-hybridized carbons (Fsp3) is 0.143. The van der Waals surface area contributed by atoms with Gasteiger partial charge in [0.15, 0.2) is 5.82 Å². The van der Waals surface area contributed by atoms with Gasteiger partial charge in [-0.3, -0.25) is 9.78 Å². The van der Waals surface area contributed by atoms with Gasteiger partial charge in [0.05, 0.1) is 16.3 Å². The molecule has 0 radical (unpaired) electrons. The predicted octanol–water partition coefficient (Wildman–Crippen LogP) is 3.55. The Morgan fingerprint density at radius 1 is 1.30 bits per heavy atom. The summed E-state index contributed by atoms with van der Waals surface area (Å²) in [5.41, 5.74) is 7.00. The van der Waals surface area contributed by atoms with Gasteiger partial charge in [0.1, 0.15) is 5.69 Å². The number of carbonyl (C=O) groups is 1. The number of nitrogens with zero attached hydrogens (tertiary/aromatic N) is 1. The molecule has 1 aromatic heterocycles. The maximum Gasteiger partial charge on any atom is 0.214 e. The number of benzene rings is 1. The number of fused-ring (bicyclic) bond motifs is 2. The van der Waals surface area contributed by atoms with Crippen molar-refractivity contribution < 1.29 is 9.18 Å². The maximum atomic E-state index is 14.3. The Balaban J connectivity index is 2.27. The molecule has 1 heterocycles. The van der Waals surface area contributed by atoms with Crippen molar-refractivity contribution in [2.75, 3.05) is 5.73 Å². The van der Waals surface area contributed by atoms with Gasteiger partial charge in [-0.05, 0) is 52.0 Å². The van der Waals surface area contributed by atoms with Crippen molar-refractivity contribution in [1.82, 2.24) is 4.98 Å². The first-order valence-corrected chi connectivity index (χ1v) is 7.11. The summed E-state index contributed by atoms with van der Waals surface area (Å²) in [5.74, 6) is -1.20. The number of anilines is 1. The maximum absolute atomic E-state index is 14.3. The minimum Gasteiger partial charge on any atom is -0.395 e. The molecule has 0 bridgehead atoms. The Bertz CT molecular complexity index is 748. The number of aromatic nitrogens is 1. The number of ketones is 1. The van der Waals surface area contributed by atoms with E-state index in [0.717, 1.165) is 10.0 Å². The molecule has 0 aliphatic heterocycles. The molecule has 0 unspecified atom stereocenters. The molecule has 1 aromatic carbocycles. The molecule has 6 heteroatoms. The zero-order chi connectivity index (χ0) is 14.4. The van der Waals surface area contributed by atoms with Gasteiger partial charge >= 0.3 is 0 Å². The molecule has 0 saturated heterocycles. The number of hydrogen-bond acceptors (Lipinski definition) is 3. The lowest BCUT2D eigenvalue weighted by molar-refractivity contribution is 0.103. The monoisotopic (exact) mass is 354 g/mol. The average molecular weight is 356 g/mol. The van der Waals surface area contributed by atoms with E-state index >= 15 is 0 Å². The highest BCUT2D eigenvalue weighted by Crippen LogP contribution is 2.33. The van der Waals surface area contributed by atoms with Crippen LogP contribution in [0, 0.1) is 5.82 Å². The van der Waals surface area contributed by atoms with Crippen LogP contribution >= 0.6 is 27.5 Å². The van der Waals surface area contributed by atoms with Gasteiger partial charge in [-0.15, -0.1) is 0 Å². The predicted molar refractivity (Wildman–Crippen MR) is 78.6 cm³/mol. The number of aryl methyl sites for hydroxylation is 2. The van der Waals surface area contributed by atoms with Crippen molar-refractivity contribution >= 4 is 39.0 Å². The molecule has 2 aromatic rings. The highest BCUT2D eigenvalue weighted by atomic mass is 79.9. The van der Waals surface area contributed by atoms with Gasteiger partial charge < -0.3 is 5.73 Å². The largest absolute Gasteiger partial charge is 0.395 e. The molecule has 1 aliphatic carbocycles. The van der Waals surface area contributed by atoms with Crippen LogP contribution in [-0.4, -0.2) is 10.8 Å². The van der Waals surface area contributed by atoms with Crippen molar-refractivity contribution in [1.29, 1.82) is 0 Å². The summed E-state index contributed by atoms with van der Waals surface area (Å²) in [7, 11) is 0. The van der Waals surface area contributed by atoms with Crippen LogP contribution in [0.4, 0.5) is 10.1 Å². The third-order valence-electron chi connectivity index (χ3n) is 3.37. The number of nitrogens with two attached hydrogens (primary N) is 1. The molecule has 0 saturated carbocycles. The van der Waals surface area contributed by atoms with Crippen LogP contribution in [0.3, 0.4) is 0 Å². The van der Waals surface area contributed by atoms with Crippen LogP contribution in [0.25, 0.3) is 0 Å². The lowest BCUT2D eigenvalue weighted by Crippen LogP contribution is -2.11. The van der Waals surface area contributed by atoms with Crippen molar-refractivity contribution in [3.8, 4) is 0 Å². The fourth-order valence-corrected chi connectivity index (χ4v) is 2.98. The Morgan fingerprint density at radius 3 is 2.75 bits per heavy atom. The van der Waals surface area contributed by atoms with Gasteiger partial charge in [-0.1, -0.05) is 11.6 Å². The number of hydrogen-bond donors (Lipinski definition) is 1. The van der Waals surface area contributed by atoms with Crippen LogP contribution in [0.5, 0.6) is 0 Å². The van der Waals surface area contributed by atoms with Gasteiger partial charge in [0.2, 0.25) is 5.78 Å². The molecular weight excluding hydrogens is 347 g/mol. The lowest BCUT2D eigenvalue weighted by atomic mass is 10.00. The van der Waals surface area contributed by atoms with E-state index in [1.807, 2.05) is 6.07 Å². The second-order valence-electron chi connectivity index (χ2n) is 4.61. The second kappa shape index (κ2) is 4.82. The first kappa shape index (κ1) is 13.5. The summed E-state index contributed by atoms with van der Waals surface area (Å²) >= 11 is 9.21. The smallest absolute Gasteiger partial charge is 0.214 e. The van der Waals surface area contributed by atoms with E-state index in [4.69, 9.17) is 17.3 Å². The van der Waals surface area contributed by atoms with E-state index in [1.54, 1.807) is 6.07 Å². The molecule has 3 nitrogen and oxygen atoms in total. The Kier molecular flexibility index (Phi) is 3.26. The minimum absolute atomic E-state index is 0.0135. The molecule has 0 amide bonds. The Labute approximate surface area is 128 Å². The third kappa shape index (κ3) is 2.01. The quantitative estimate of drug-likeness (QED) is 0.735. The topological polar surface area (TPSA) is 56.0 Å². The van der Waals surface area contributed by atoms with E-state index in [0.29, 0.717) is 18.4 Å². The Hall–Kier alpha value is -1.46. The van der Waals surface area contributed by atoms with Gasteiger partial charge in [-0.25, -0.2) is 4.39 Å². The van der Waals surface area contributed by atoms with E-state index in [2.05, 4.69) is 20.9 Å². The van der Waals surface area contributed by atoms with E-state index < -0.39 is 11.6 Å². The molecule has 0 fully saturated rings. The number of nitrogen functional groups attached to an aromatic ring is 1. The van der Waals surface area contributed by atoms with E-state index in [1.165, 1.54) is 6.20 Å². The molecular formula is C14H9BrClFN2O. The first-order valence-electron chi connectivity index (χ1n) is 5.94. The van der Waals surface area contributed by atoms with Crippen molar-refractivity contribution in [2.45, 2.75) is 12.8 Å². The highest BCUT2D eigenvalue weighted by molar-refractivity contribution is 9.10. The van der Waals surface area contributed by atoms with E-state index in [9.17, 15) is 9.18 Å². The standard InChI is InChI=1S/C14H9BrClFN2O/c15-8-3-7-2-1-6-4-9(16)12(18)11(17)10(6)14(20)13(7)19-5-8/h3-5H,1-2,18H2. The fourth-order valence-electron chi connectivity index (χ4n) is 2.39. The molecule has 0 spiro atoms. The van der Waals surface area contributed by atoms with Crippen molar-refractivity contribution in [3.63, 3.8) is 0 Å². The van der Waals surface area contributed by atoms with Crippen LogP contribution in [0.2, 0.25) is 5.02 Å². The zero-order valence-corrected chi connectivity index (χ0v) is 12.6. The number of rotatable bonds is 0. The molecule has 2 N–H and O–H groups in total. The SMILES string of the molecule is Nc1c(Cl)cc2c(c1F)C(=O)c1ncc(Br)cc1CC2. The van der Waals surface area contributed by atoms with Crippen LogP contribution in [0.1, 0.15) is 27.2 Å². The summed E-state index contributed by atoms with van der Waals surface area (Å²) < 4.78 is 15.1. The first-order chi connectivity index (χ1) is 9.49. The highest BCUT2D eigenvalue weighted by Gasteiger charge is 2.28. The molecule has 20 heavy (non-hydrogen) atoms. The molecule has 0 atom stereocenters. The number of carbonyl (C=O) groups excluding carboxylic acids is 1. The van der Waals surface area contributed by atoms with Gasteiger partial charge in [-0.2, -0.15) is 0 Å². The summed E-state index contributed by atoms with van der Waals surface area (Å²) in [5, 5.41) is 0.133. The summed E-state index contributed by atoms with van der Waals surface area (Å²) in [6.45, 7) is 0. The van der Waals surface area contributed by atoms with Crippen LogP contribution in [-0.2, 0) is 12.8 Å². The van der Waals surface area contributed by atoms with Crippen molar-refractivity contribution in [3.05, 3.63) is 56.0 Å². The van der Waals surface area contributed by atoms with Crippen molar-refractivity contribution in [2.24, 2.45) is 0 Å². The summed E-state index contributed by atoms with van der Waals surface area (Å²) in [6, 6.07) is 3.39. The third-order valence-corrected chi connectivity index (χ3v) is 4.12. The summed E-state index contributed by atoms with van der Waals surface area (Å²) in [4.78, 5) is 16.6. The number of pyridine rings is 1. The van der Waals surface area contributed by atoms with Gasteiger partial charge in [0.25, 0.3) is 0 Å².